The van der Waals surface area contributed by atoms with E-state index >= 15 is 0 Å². The van der Waals surface area contributed by atoms with Crippen molar-refractivity contribution in [2.45, 2.75) is 5.92 Å². The Hall–Kier alpha value is -2.64. The van der Waals surface area contributed by atoms with Gasteiger partial charge in [-0.1, -0.05) is 41.9 Å². The molecule has 0 saturated heterocycles. The quantitative estimate of drug-likeness (QED) is 0.621. The third-order valence-corrected chi connectivity index (χ3v) is 3.75. The standard InChI is InChI=1S/C18H14ClNO3/c1-23-18(22)15(11-20)16(12-5-3-2-4-6-12)17(21)13-7-9-14(19)10-8-13/h2-10,15-16H,1H3. The Morgan fingerprint density at radius 2 is 1.70 bits per heavy atom. The van der Waals surface area contributed by atoms with Gasteiger partial charge in [0, 0.05) is 10.6 Å². The summed E-state index contributed by atoms with van der Waals surface area (Å²) in [6.07, 6.45) is 0. The number of ketones is 1. The molecule has 2 rings (SSSR count). The van der Waals surface area contributed by atoms with Gasteiger partial charge in [-0.3, -0.25) is 9.59 Å². The van der Waals surface area contributed by atoms with Gasteiger partial charge in [0.15, 0.2) is 11.7 Å². The predicted molar refractivity (Wildman–Crippen MR) is 86.1 cm³/mol. The zero-order valence-electron chi connectivity index (χ0n) is 12.4. The van der Waals surface area contributed by atoms with E-state index in [9.17, 15) is 14.9 Å². The number of methoxy groups -OCH3 is 1. The normalized spacial score (nSPS) is 12.7. The summed E-state index contributed by atoms with van der Waals surface area (Å²) >= 11 is 5.84. The van der Waals surface area contributed by atoms with Gasteiger partial charge in [0.1, 0.15) is 0 Å². The second-order valence-electron chi connectivity index (χ2n) is 4.89. The number of hydrogen-bond donors (Lipinski definition) is 0. The number of benzene rings is 2. The van der Waals surface area contributed by atoms with Crippen molar-refractivity contribution in [3.8, 4) is 6.07 Å². The first-order valence-electron chi connectivity index (χ1n) is 6.90. The summed E-state index contributed by atoms with van der Waals surface area (Å²) in [4.78, 5) is 24.8. The monoisotopic (exact) mass is 327 g/mol. The van der Waals surface area contributed by atoms with Crippen molar-refractivity contribution in [3.63, 3.8) is 0 Å². The van der Waals surface area contributed by atoms with E-state index in [1.807, 2.05) is 6.07 Å². The average molecular weight is 328 g/mol. The van der Waals surface area contributed by atoms with Crippen LogP contribution in [0.1, 0.15) is 21.8 Å². The number of carbonyl (C=O) groups is 2. The first-order chi connectivity index (χ1) is 11.1. The number of ether oxygens (including phenoxy) is 1. The molecule has 0 aliphatic heterocycles. The van der Waals surface area contributed by atoms with Crippen LogP contribution in [0.3, 0.4) is 0 Å². The Bertz CT molecular complexity index is 735. The smallest absolute Gasteiger partial charge is 0.324 e. The number of nitriles is 1. The maximum absolute atomic E-state index is 12.9. The fraction of sp³-hybridized carbons (Fsp3) is 0.167. The van der Waals surface area contributed by atoms with Crippen molar-refractivity contribution in [3.05, 3.63) is 70.7 Å². The molecule has 5 heteroatoms. The number of halogens is 1. The third kappa shape index (κ3) is 3.77. The molecule has 0 fully saturated rings. The van der Waals surface area contributed by atoms with Crippen molar-refractivity contribution >= 4 is 23.4 Å². The number of carbonyl (C=O) groups excluding carboxylic acids is 2. The molecule has 0 spiro atoms. The van der Waals surface area contributed by atoms with Gasteiger partial charge in [-0.25, -0.2) is 0 Å². The van der Waals surface area contributed by atoms with Gasteiger partial charge in [-0.2, -0.15) is 5.26 Å². The van der Waals surface area contributed by atoms with Crippen LogP contribution in [0.15, 0.2) is 54.6 Å². The molecular formula is C18H14ClNO3. The van der Waals surface area contributed by atoms with Gasteiger partial charge in [0.2, 0.25) is 0 Å². The van der Waals surface area contributed by atoms with Gasteiger partial charge in [0.25, 0.3) is 0 Å². The lowest BCUT2D eigenvalue weighted by atomic mass is 9.81. The highest BCUT2D eigenvalue weighted by atomic mass is 35.5. The van der Waals surface area contributed by atoms with Crippen LogP contribution in [0.5, 0.6) is 0 Å². The zero-order chi connectivity index (χ0) is 16.8. The maximum Gasteiger partial charge on any atom is 0.324 e. The average Bonchev–Trinajstić information content (AvgIpc) is 2.59. The highest BCUT2D eigenvalue weighted by molar-refractivity contribution is 6.30. The van der Waals surface area contributed by atoms with E-state index in [2.05, 4.69) is 4.74 Å². The summed E-state index contributed by atoms with van der Waals surface area (Å²) in [6.45, 7) is 0. The van der Waals surface area contributed by atoms with Gasteiger partial charge in [0.05, 0.1) is 19.1 Å². The SMILES string of the molecule is COC(=O)C(C#N)C(C(=O)c1ccc(Cl)cc1)c1ccccc1. The minimum atomic E-state index is -1.22. The molecule has 0 aliphatic rings. The van der Waals surface area contributed by atoms with Crippen molar-refractivity contribution in [1.29, 1.82) is 5.26 Å². The molecule has 4 nitrogen and oxygen atoms in total. The Kier molecular flexibility index (Phi) is 5.51. The first kappa shape index (κ1) is 16.7. The van der Waals surface area contributed by atoms with E-state index < -0.39 is 17.8 Å². The van der Waals surface area contributed by atoms with Crippen LogP contribution in [-0.4, -0.2) is 18.9 Å². The van der Waals surface area contributed by atoms with Gasteiger partial charge >= 0.3 is 5.97 Å². The second kappa shape index (κ2) is 7.57. The van der Waals surface area contributed by atoms with E-state index in [4.69, 9.17) is 11.6 Å². The summed E-state index contributed by atoms with van der Waals surface area (Å²) in [5.74, 6) is -3.21. The van der Waals surface area contributed by atoms with Crippen molar-refractivity contribution in [1.82, 2.24) is 0 Å². The molecule has 0 aliphatic carbocycles. The summed E-state index contributed by atoms with van der Waals surface area (Å²) in [7, 11) is 1.20. The molecule has 0 amide bonds. The Morgan fingerprint density at radius 1 is 1.09 bits per heavy atom. The highest BCUT2D eigenvalue weighted by Crippen LogP contribution is 2.30. The number of nitrogens with zero attached hydrogens (tertiary/aromatic N) is 1. The van der Waals surface area contributed by atoms with Gasteiger partial charge in [-0.15, -0.1) is 0 Å². The van der Waals surface area contributed by atoms with Crippen LogP contribution >= 0.6 is 11.6 Å². The lowest BCUT2D eigenvalue weighted by Gasteiger charge is -2.19. The fourth-order valence-corrected chi connectivity index (χ4v) is 2.47. The van der Waals surface area contributed by atoms with E-state index in [-0.39, 0.29) is 5.78 Å². The van der Waals surface area contributed by atoms with E-state index in [0.29, 0.717) is 16.1 Å². The predicted octanol–water partition coefficient (Wildman–Crippen LogP) is 3.62. The summed E-state index contributed by atoms with van der Waals surface area (Å²) in [6, 6.07) is 17.0. The molecule has 2 atom stereocenters. The lowest BCUT2D eigenvalue weighted by molar-refractivity contribution is -0.143. The van der Waals surface area contributed by atoms with Crippen molar-refractivity contribution in [2.75, 3.05) is 7.11 Å². The molecule has 116 valence electrons. The Balaban J connectivity index is 2.49. The number of hydrogen-bond acceptors (Lipinski definition) is 4. The lowest BCUT2D eigenvalue weighted by Crippen LogP contribution is -2.28. The van der Waals surface area contributed by atoms with Crippen LogP contribution in [0.4, 0.5) is 0 Å². The maximum atomic E-state index is 12.9. The van der Waals surface area contributed by atoms with Gasteiger partial charge in [-0.05, 0) is 29.8 Å². The zero-order valence-corrected chi connectivity index (χ0v) is 13.2. The largest absolute Gasteiger partial charge is 0.468 e. The van der Waals surface area contributed by atoms with E-state index in [1.54, 1.807) is 54.6 Å². The number of esters is 1. The van der Waals surface area contributed by atoms with Crippen LogP contribution in [0.2, 0.25) is 5.02 Å². The minimum Gasteiger partial charge on any atom is -0.468 e. The third-order valence-electron chi connectivity index (χ3n) is 3.50. The number of rotatable bonds is 5. The molecule has 0 radical (unpaired) electrons. The molecule has 0 N–H and O–H groups in total. The minimum absolute atomic E-state index is 0.329. The molecule has 0 aromatic heterocycles. The summed E-state index contributed by atoms with van der Waals surface area (Å²) in [5.41, 5.74) is 0.969. The molecule has 0 bridgehead atoms. The van der Waals surface area contributed by atoms with Gasteiger partial charge < -0.3 is 4.74 Å². The molecule has 2 aromatic rings. The molecule has 2 unspecified atom stereocenters. The van der Waals surface area contributed by atoms with Crippen LogP contribution in [-0.2, 0) is 9.53 Å². The summed E-state index contributed by atoms with van der Waals surface area (Å²) in [5, 5.41) is 9.88. The Labute approximate surface area is 139 Å². The fourth-order valence-electron chi connectivity index (χ4n) is 2.34. The van der Waals surface area contributed by atoms with Crippen molar-refractivity contribution < 1.29 is 14.3 Å². The van der Waals surface area contributed by atoms with E-state index in [0.717, 1.165) is 0 Å². The highest BCUT2D eigenvalue weighted by Gasteiger charge is 2.36. The second-order valence-corrected chi connectivity index (χ2v) is 5.33. The Morgan fingerprint density at radius 3 is 2.22 bits per heavy atom. The molecule has 23 heavy (non-hydrogen) atoms. The number of Topliss-reactive ketones (excluding diaryl/α,β-unsaturated/α-hetero) is 1. The molecule has 0 heterocycles. The molecule has 0 saturated carbocycles. The first-order valence-corrected chi connectivity index (χ1v) is 7.28. The van der Waals surface area contributed by atoms with Crippen LogP contribution in [0, 0.1) is 17.2 Å². The van der Waals surface area contributed by atoms with E-state index in [1.165, 1.54) is 7.11 Å². The van der Waals surface area contributed by atoms with Crippen LogP contribution < -0.4 is 0 Å². The summed E-state index contributed by atoms with van der Waals surface area (Å²) < 4.78 is 4.68. The van der Waals surface area contributed by atoms with Crippen molar-refractivity contribution in [2.24, 2.45) is 5.92 Å². The molecular weight excluding hydrogens is 314 g/mol. The van der Waals surface area contributed by atoms with Crippen LogP contribution in [0.25, 0.3) is 0 Å². The molecule has 2 aromatic carbocycles. The topological polar surface area (TPSA) is 67.2 Å².